The third kappa shape index (κ3) is 4.08. The molecule has 212 valence electrons. The van der Waals surface area contributed by atoms with E-state index in [4.69, 9.17) is 0 Å². The van der Waals surface area contributed by atoms with Crippen molar-refractivity contribution in [3.05, 3.63) is 192 Å². The molecule has 1 unspecified atom stereocenters. The molecule has 9 rings (SSSR count). The summed E-state index contributed by atoms with van der Waals surface area (Å²) in [7, 11) is 0. The summed E-state index contributed by atoms with van der Waals surface area (Å²) in [6, 6.07) is 51.5. The highest BCUT2D eigenvalue weighted by Gasteiger charge is 2.34. The lowest BCUT2D eigenvalue weighted by atomic mass is 9.85. The molecule has 2 aliphatic rings. The molecular formula is C44H31N. The number of nitrogens with zero attached hydrogens (tertiary/aromatic N) is 1. The number of para-hydroxylation sites is 1. The van der Waals surface area contributed by atoms with Gasteiger partial charge in [-0.1, -0.05) is 140 Å². The second kappa shape index (κ2) is 10.5. The van der Waals surface area contributed by atoms with Crippen molar-refractivity contribution in [2.24, 2.45) is 0 Å². The summed E-state index contributed by atoms with van der Waals surface area (Å²) in [6.07, 6.45) is 11.7. The van der Waals surface area contributed by atoms with Crippen molar-refractivity contribution in [3.8, 4) is 11.1 Å². The standard InChI is InChI=1S/C44H31N/c1-2-5-16-32(15-4-1)45(33-17-6-3-7-18-33)34-27-24-31(25-28-34)41-40-29-26-30-14-8-9-19-35(30)42(40)44-39-23-13-11-21-37(39)36-20-10-12-22-38(36)43(41)44/h1-15,17-29,41H,16H2. The monoisotopic (exact) mass is 573 g/mol. The average molecular weight is 574 g/mol. The normalized spacial score (nSPS) is 15.2. The predicted molar refractivity (Wildman–Crippen MR) is 191 cm³/mol. The summed E-state index contributed by atoms with van der Waals surface area (Å²) < 4.78 is 0. The van der Waals surface area contributed by atoms with Gasteiger partial charge in [0.2, 0.25) is 0 Å². The number of allylic oxidation sites excluding steroid dienone is 5. The number of hydrogen-bond donors (Lipinski definition) is 0. The van der Waals surface area contributed by atoms with Crippen molar-refractivity contribution in [1.29, 1.82) is 0 Å². The van der Waals surface area contributed by atoms with E-state index in [-0.39, 0.29) is 5.92 Å². The fourth-order valence-electron chi connectivity index (χ4n) is 7.65. The van der Waals surface area contributed by atoms with E-state index in [0.717, 1.165) is 6.42 Å². The lowest BCUT2D eigenvalue weighted by Gasteiger charge is -2.28. The summed E-state index contributed by atoms with van der Waals surface area (Å²) in [5, 5.41) is 7.93. The van der Waals surface area contributed by atoms with Crippen LogP contribution in [0.25, 0.3) is 43.4 Å². The van der Waals surface area contributed by atoms with Crippen LogP contribution in [0.5, 0.6) is 0 Å². The zero-order valence-electron chi connectivity index (χ0n) is 24.9. The number of hydrogen-bond acceptors (Lipinski definition) is 1. The molecular weight excluding hydrogens is 542 g/mol. The molecule has 2 aliphatic carbocycles. The first-order valence-corrected chi connectivity index (χ1v) is 15.8. The Kier molecular flexibility index (Phi) is 6.02. The molecule has 0 radical (unpaired) electrons. The van der Waals surface area contributed by atoms with Gasteiger partial charge in [0.1, 0.15) is 0 Å². The van der Waals surface area contributed by atoms with Crippen LogP contribution >= 0.6 is 0 Å². The Balaban J connectivity index is 1.28. The molecule has 1 atom stereocenters. The largest absolute Gasteiger partial charge is 0.314 e. The predicted octanol–water partition coefficient (Wildman–Crippen LogP) is 11.8. The fraction of sp³-hybridized carbons (Fsp3) is 0.0455. The van der Waals surface area contributed by atoms with E-state index >= 15 is 0 Å². The molecule has 0 amide bonds. The molecule has 0 N–H and O–H groups in total. The van der Waals surface area contributed by atoms with Gasteiger partial charge in [-0.25, -0.2) is 0 Å². The molecule has 0 bridgehead atoms. The maximum absolute atomic E-state index is 2.39. The molecule has 0 saturated heterocycles. The Labute approximate surface area is 263 Å². The van der Waals surface area contributed by atoms with Gasteiger partial charge in [0.15, 0.2) is 0 Å². The third-order valence-electron chi connectivity index (χ3n) is 9.54. The molecule has 0 fully saturated rings. The Morgan fingerprint density at radius 3 is 1.91 bits per heavy atom. The van der Waals surface area contributed by atoms with Gasteiger partial charge in [-0.3, -0.25) is 0 Å². The Hall–Kier alpha value is -5.66. The molecule has 0 saturated carbocycles. The highest BCUT2D eigenvalue weighted by Crippen LogP contribution is 2.56. The number of rotatable bonds is 4. The first-order valence-electron chi connectivity index (χ1n) is 15.8. The van der Waals surface area contributed by atoms with Crippen LogP contribution in [0, 0.1) is 0 Å². The van der Waals surface area contributed by atoms with Gasteiger partial charge in [-0.15, -0.1) is 0 Å². The maximum Gasteiger partial charge on any atom is 0.0458 e. The molecule has 45 heavy (non-hydrogen) atoms. The fourth-order valence-corrected chi connectivity index (χ4v) is 7.65. The second-order valence-electron chi connectivity index (χ2n) is 12.0. The van der Waals surface area contributed by atoms with Crippen molar-refractivity contribution >= 4 is 43.7 Å². The highest BCUT2D eigenvalue weighted by molar-refractivity contribution is 6.21. The van der Waals surface area contributed by atoms with Gasteiger partial charge in [-0.2, -0.15) is 0 Å². The van der Waals surface area contributed by atoms with Crippen molar-refractivity contribution in [3.63, 3.8) is 0 Å². The van der Waals surface area contributed by atoms with Gasteiger partial charge in [0, 0.05) is 29.4 Å². The first kappa shape index (κ1) is 25.8. The lowest BCUT2D eigenvalue weighted by molar-refractivity contribution is 1.02. The van der Waals surface area contributed by atoms with E-state index in [9.17, 15) is 0 Å². The van der Waals surface area contributed by atoms with E-state index in [1.165, 1.54) is 77.2 Å². The molecule has 7 aromatic carbocycles. The van der Waals surface area contributed by atoms with Crippen LogP contribution in [0.15, 0.2) is 176 Å². The Morgan fingerprint density at radius 2 is 1.11 bits per heavy atom. The molecule has 0 spiro atoms. The van der Waals surface area contributed by atoms with Crippen LogP contribution in [0.3, 0.4) is 0 Å². The SMILES string of the molecule is C1=CC=C(N(c2ccccc2)c2ccc(C3c4ccc5ccccc5c4-c4c3c3ccccc3c3ccccc43)cc2)CC=C1. The molecule has 7 aromatic rings. The Morgan fingerprint density at radius 1 is 0.467 bits per heavy atom. The minimum absolute atomic E-state index is 0.135. The summed E-state index contributed by atoms with van der Waals surface area (Å²) in [4.78, 5) is 2.39. The van der Waals surface area contributed by atoms with Gasteiger partial charge < -0.3 is 4.90 Å². The summed E-state index contributed by atoms with van der Waals surface area (Å²) in [5.74, 6) is 0.135. The van der Waals surface area contributed by atoms with Gasteiger partial charge in [0.25, 0.3) is 0 Å². The smallest absolute Gasteiger partial charge is 0.0458 e. The topological polar surface area (TPSA) is 3.24 Å². The molecule has 0 aliphatic heterocycles. The van der Waals surface area contributed by atoms with Gasteiger partial charge in [-0.05, 0) is 90.5 Å². The van der Waals surface area contributed by atoms with Crippen molar-refractivity contribution in [2.75, 3.05) is 4.90 Å². The van der Waals surface area contributed by atoms with Gasteiger partial charge in [0.05, 0.1) is 0 Å². The first-order chi connectivity index (χ1) is 22.4. The van der Waals surface area contributed by atoms with Crippen molar-refractivity contribution in [1.82, 2.24) is 0 Å². The molecule has 1 nitrogen and oxygen atoms in total. The number of anilines is 2. The number of fused-ring (bicyclic) bond motifs is 10. The average Bonchev–Trinajstić information content (AvgIpc) is 3.24. The van der Waals surface area contributed by atoms with Crippen molar-refractivity contribution < 1.29 is 0 Å². The molecule has 0 heterocycles. The molecule has 1 heteroatoms. The minimum Gasteiger partial charge on any atom is -0.314 e. The van der Waals surface area contributed by atoms with Crippen LogP contribution in [0.4, 0.5) is 11.4 Å². The van der Waals surface area contributed by atoms with Crippen LogP contribution in [-0.4, -0.2) is 0 Å². The van der Waals surface area contributed by atoms with Crippen molar-refractivity contribution in [2.45, 2.75) is 12.3 Å². The zero-order valence-corrected chi connectivity index (χ0v) is 24.9. The van der Waals surface area contributed by atoms with Crippen LogP contribution in [0.2, 0.25) is 0 Å². The quantitative estimate of drug-likeness (QED) is 0.189. The summed E-state index contributed by atoms with van der Waals surface area (Å²) in [6.45, 7) is 0. The van der Waals surface area contributed by atoms with E-state index < -0.39 is 0 Å². The summed E-state index contributed by atoms with van der Waals surface area (Å²) >= 11 is 0. The minimum atomic E-state index is 0.135. The highest BCUT2D eigenvalue weighted by atomic mass is 15.1. The summed E-state index contributed by atoms with van der Waals surface area (Å²) in [5.41, 5.74) is 10.5. The van der Waals surface area contributed by atoms with E-state index in [1.807, 2.05) is 0 Å². The van der Waals surface area contributed by atoms with Crippen LogP contribution < -0.4 is 4.90 Å². The van der Waals surface area contributed by atoms with Crippen LogP contribution in [0.1, 0.15) is 29.0 Å². The zero-order chi connectivity index (χ0) is 29.7. The third-order valence-corrected chi connectivity index (χ3v) is 9.54. The maximum atomic E-state index is 2.39. The van der Waals surface area contributed by atoms with Crippen LogP contribution in [-0.2, 0) is 0 Å². The van der Waals surface area contributed by atoms with E-state index in [2.05, 4.69) is 175 Å². The van der Waals surface area contributed by atoms with E-state index in [1.54, 1.807) is 0 Å². The van der Waals surface area contributed by atoms with Gasteiger partial charge >= 0.3 is 0 Å². The lowest BCUT2D eigenvalue weighted by Crippen LogP contribution is -2.16. The molecule has 0 aromatic heterocycles. The second-order valence-corrected chi connectivity index (χ2v) is 12.0. The number of benzene rings is 7. The Bertz CT molecular complexity index is 2340. The van der Waals surface area contributed by atoms with E-state index in [0.29, 0.717) is 0 Å².